The number of carbonyl (C=O) groups excluding carboxylic acids is 2. The number of aryl methyl sites for hydroxylation is 1. The zero-order valence-corrected chi connectivity index (χ0v) is 14.1. The number of hydrogen-bond donors (Lipinski definition) is 0. The molecule has 0 unspecified atom stereocenters. The van der Waals surface area contributed by atoms with Gasteiger partial charge in [0.05, 0.1) is 5.92 Å². The summed E-state index contributed by atoms with van der Waals surface area (Å²) in [7, 11) is 0. The predicted octanol–water partition coefficient (Wildman–Crippen LogP) is 1.35. The largest absolute Gasteiger partial charge is 0.342 e. The van der Waals surface area contributed by atoms with Crippen molar-refractivity contribution in [3.63, 3.8) is 0 Å². The highest BCUT2D eigenvalue weighted by molar-refractivity contribution is 5.89. The summed E-state index contributed by atoms with van der Waals surface area (Å²) in [6.07, 6.45) is 5.21. The molecule has 7 nitrogen and oxygen atoms in total. The Morgan fingerprint density at radius 2 is 2.12 bits per heavy atom. The van der Waals surface area contributed by atoms with Gasteiger partial charge in [0.2, 0.25) is 17.7 Å². The van der Waals surface area contributed by atoms with Crippen molar-refractivity contribution in [3.8, 4) is 0 Å². The van der Waals surface area contributed by atoms with Crippen LogP contribution in [0.25, 0.3) is 0 Å². The molecule has 2 saturated heterocycles. The molecule has 2 amide bonds. The molecule has 3 aliphatic rings. The predicted molar refractivity (Wildman–Crippen MR) is 85.1 cm³/mol. The first-order valence-electron chi connectivity index (χ1n) is 9.06. The molecule has 0 aromatic carbocycles. The van der Waals surface area contributed by atoms with Crippen LogP contribution in [0.4, 0.5) is 0 Å². The molecule has 1 aliphatic carbocycles. The van der Waals surface area contributed by atoms with Gasteiger partial charge in [-0.05, 0) is 25.7 Å². The van der Waals surface area contributed by atoms with E-state index in [0.717, 1.165) is 38.6 Å². The average molecular weight is 332 g/mol. The van der Waals surface area contributed by atoms with Crippen LogP contribution in [0.1, 0.15) is 56.7 Å². The summed E-state index contributed by atoms with van der Waals surface area (Å²) in [6, 6.07) is 0.399. The van der Waals surface area contributed by atoms with Gasteiger partial charge in [0.1, 0.15) is 0 Å². The Morgan fingerprint density at radius 3 is 2.83 bits per heavy atom. The lowest BCUT2D eigenvalue weighted by molar-refractivity contribution is -0.137. The van der Waals surface area contributed by atoms with Crippen LogP contribution in [0.5, 0.6) is 0 Å². The normalized spacial score (nSPS) is 27.8. The quantitative estimate of drug-likeness (QED) is 0.831. The molecule has 0 radical (unpaired) electrons. The van der Waals surface area contributed by atoms with Crippen LogP contribution in [-0.2, 0) is 16.0 Å². The van der Waals surface area contributed by atoms with Gasteiger partial charge in [-0.25, -0.2) is 0 Å². The monoisotopic (exact) mass is 332 g/mol. The van der Waals surface area contributed by atoms with E-state index in [9.17, 15) is 9.59 Å². The lowest BCUT2D eigenvalue weighted by atomic mass is 9.95. The second-order valence-corrected chi connectivity index (χ2v) is 7.20. The maximum absolute atomic E-state index is 12.9. The van der Waals surface area contributed by atoms with Crippen LogP contribution in [0.2, 0.25) is 0 Å². The number of hydrogen-bond acceptors (Lipinski definition) is 5. The molecular formula is C17H24N4O3. The SMILES string of the molecule is CCc1nc([C@H]2CCCN(C(=O)[C@H]3CC(=O)N(C4CC4)C3)C2)no1. The standard InChI is InChI=1S/C17H24N4O3/c1-2-14-18-16(19-24-14)11-4-3-7-20(9-11)17(23)12-8-15(22)21(10-12)13-5-6-13/h11-13H,2-10H2,1H3/t11-,12-/m0/s1. The van der Waals surface area contributed by atoms with Crippen LogP contribution in [-0.4, -0.2) is 57.4 Å². The molecule has 0 bridgehead atoms. The van der Waals surface area contributed by atoms with Crippen LogP contribution in [0, 0.1) is 5.92 Å². The van der Waals surface area contributed by atoms with E-state index in [1.165, 1.54) is 0 Å². The number of rotatable bonds is 4. The summed E-state index contributed by atoms with van der Waals surface area (Å²) < 4.78 is 5.21. The number of aromatic nitrogens is 2. The van der Waals surface area contributed by atoms with Crippen molar-refractivity contribution in [1.82, 2.24) is 19.9 Å². The van der Waals surface area contributed by atoms with Crippen molar-refractivity contribution in [2.45, 2.75) is 57.4 Å². The van der Waals surface area contributed by atoms with Gasteiger partial charge in [-0.15, -0.1) is 0 Å². The fourth-order valence-electron chi connectivity index (χ4n) is 3.86. The van der Waals surface area contributed by atoms with Gasteiger partial charge in [-0.3, -0.25) is 9.59 Å². The fraction of sp³-hybridized carbons (Fsp3) is 0.765. The Balaban J connectivity index is 1.40. The summed E-state index contributed by atoms with van der Waals surface area (Å²) in [5.74, 6) is 1.60. The summed E-state index contributed by atoms with van der Waals surface area (Å²) >= 11 is 0. The molecule has 3 fully saturated rings. The minimum atomic E-state index is -0.173. The van der Waals surface area contributed by atoms with Gasteiger partial charge in [-0.1, -0.05) is 12.1 Å². The highest BCUT2D eigenvalue weighted by atomic mass is 16.5. The van der Waals surface area contributed by atoms with E-state index in [1.807, 2.05) is 16.7 Å². The molecule has 3 heterocycles. The second-order valence-electron chi connectivity index (χ2n) is 7.20. The lowest BCUT2D eigenvalue weighted by Crippen LogP contribution is -2.43. The zero-order chi connectivity index (χ0) is 16.7. The maximum Gasteiger partial charge on any atom is 0.228 e. The molecule has 24 heavy (non-hydrogen) atoms. The summed E-state index contributed by atoms with van der Waals surface area (Å²) in [6.45, 7) is 3.99. The third-order valence-electron chi connectivity index (χ3n) is 5.38. The van der Waals surface area contributed by atoms with Crippen molar-refractivity contribution in [1.29, 1.82) is 0 Å². The maximum atomic E-state index is 12.9. The number of nitrogens with zero attached hydrogens (tertiary/aromatic N) is 4. The van der Waals surface area contributed by atoms with E-state index in [0.29, 0.717) is 37.3 Å². The molecular weight excluding hydrogens is 308 g/mol. The van der Waals surface area contributed by atoms with Gasteiger partial charge in [0.25, 0.3) is 0 Å². The minimum absolute atomic E-state index is 0.121. The summed E-state index contributed by atoms with van der Waals surface area (Å²) in [4.78, 5) is 33.2. The van der Waals surface area contributed by atoms with Crippen molar-refractivity contribution >= 4 is 11.8 Å². The Hall–Kier alpha value is -1.92. The van der Waals surface area contributed by atoms with Crippen LogP contribution < -0.4 is 0 Å². The number of carbonyl (C=O) groups is 2. The number of likely N-dealkylation sites (tertiary alicyclic amines) is 2. The third-order valence-corrected chi connectivity index (χ3v) is 5.38. The van der Waals surface area contributed by atoms with E-state index in [4.69, 9.17) is 4.52 Å². The average Bonchev–Trinajstić information content (AvgIpc) is 3.19. The fourth-order valence-corrected chi connectivity index (χ4v) is 3.86. The smallest absolute Gasteiger partial charge is 0.228 e. The molecule has 4 rings (SSSR count). The first-order chi connectivity index (χ1) is 11.7. The highest BCUT2D eigenvalue weighted by Crippen LogP contribution is 2.34. The van der Waals surface area contributed by atoms with Crippen molar-refractivity contribution < 1.29 is 14.1 Å². The first-order valence-corrected chi connectivity index (χ1v) is 9.06. The van der Waals surface area contributed by atoms with Crippen LogP contribution in [0.3, 0.4) is 0 Å². The van der Waals surface area contributed by atoms with Crippen LogP contribution in [0.15, 0.2) is 4.52 Å². The van der Waals surface area contributed by atoms with Gasteiger partial charge < -0.3 is 14.3 Å². The first kappa shape index (κ1) is 15.6. The van der Waals surface area contributed by atoms with E-state index >= 15 is 0 Å². The zero-order valence-electron chi connectivity index (χ0n) is 14.1. The highest BCUT2D eigenvalue weighted by Gasteiger charge is 2.43. The molecule has 0 N–H and O–H groups in total. The Morgan fingerprint density at radius 1 is 1.29 bits per heavy atom. The lowest BCUT2D eigenvalue weighted by Gasteiger charge is -2.33. The second kappa shape index (κ2) is 6.18. The Bertz CT molecular complexity index is 640. The van der Waals surface area contributed by atoms with Gasteiger partial charge in [0, 0.05) is 44.4 Å². The molecule has 7 heteroatoms. The van der Waals surface area contributed by atoms with E-state index in [2.05, 4.69) is 10.1 Å². The molecule has 2 atom stereocenters. The Kier molecular flexibility index (Phi) is 4.02. The van der Waals surface area contributed by atoms with Gasteiger partial charge >= 0.3 is 0 Å². The van der Waals surface area contributed by atoms with Crippen molar-refractivity contribution in [2.75, 3.05) is 19.6 Å². The number of piperidine rings is 1. The van der Waals surface area contributed by atoms with Crippen molar-refractivity contribution in [2.24, 2.45) is 5.92 Å². The Labute approximate surface area is 141 Å². The molecule has 1 aromatic heterocycles. The van der Waals surface area contributed by atoms with Crippen molar-refractivity contribution in [3.05, 3.63) is 11.7 Å². The molecule has 130 valence electrons. The van der Waals surface area contributed by atoms with Gasteiger partial charge in [-0.2, -0.15) is 4.98 Å². The third kappa shape index (κ3) is 2.91. The number of amides is 2. The van der Waals surface area contributed by atoms with E-state index in [1.54, 1.807) is 0 Å². The molecule has 1 aromatic rings. The minimum Gasteiger partial charge on any atom is -0.342 e. The molecule has 0 spiro atoms. The topological polar surface area (TPSA) is 79.5 Å². The van der Waals surface area contributed by atoms with Crippen LogP contribution >= 0.6 is 0 Å². The summed E-state index contributed by atoms with van der Waals surface area (Å²) in [5, 5.41) is 4.07. The molecule has 2 aliphatic heterocycles. The van der Waals surface area contributed by atoms with Gasteiger partial charge in [0.15, 0.2) is 5.82 Å². The van der Waals surface area contributed by atoms with E-state index in [-0.39, 0.29) is 23.7 Å². The molecule has 1 saturated carbocycles. The van der Waals surface area contributed by atoms with E-state index < -0.39 is 0 Å². The summed E-state index contributed by atoms with van der Waals surface area (Å²) in [5.41, 5.74) is 0.